The largest absolute Gasteiger partial charge is 0.492 e. The Bertz CT molecular complexity index is 981. The first-order valence-corrected chi connectivity index (χ1v) is 12.7. The van der Waals surface area contributed by atoms with E-state index in [1.165, 1.54) is 35.9 Å². The number of carbonyl (C=O) groups excluding carboxylic acids is 1. The second-order valence-electron chi connectivity index (χ2n) is 7.58. The van der Waals surface area contributed by atoms with E-state index in [1.54, 1.807) is 11.3 Å². The molecule has 4 rings (SSSR count). The summed E-state index contributed by atoms with van der Waals surface area (Å²) in [4.78, 5) is 13.9. The second kappa shape index (κ2) is 10.8. The van der Waals surface area contributed by atoms with Crippen molar-refractivity contribution in [2.24, 2.45) is 0 Å². The van der Waals surface area contributed by atoms with E-state index in [-0.39, 0.29) is 11.7 Å². The lowest BCUT2D eigenvalue weighted by molar-refractivity contribution is -0.113. The van der Waals surface area contributed by atoms with Crippen LogP contribution in [0.15, 0.2) is 46.9 Å². The number of para-hydroxylation sites is 2. The minimum Gasteiger partial charge on any atom is -0.492 e. The summed E-state index contributed by atoms with van der Waals surface area (Å²) in [7, 11) is 0. The number of aromatic nitrogens is 3. The number of ether oxygens (including phenoxy) is 1. The normalized spacial score (nSPS) is 14.5. The Kier molecular flexibility index (Phi) is 7.64. The van der Waals surface area contributed by atoms with Gasteiger partial charge in [0.1, 0.15) is 11.6 Å². The Morgan fingerprint density at radius 2 is 2.03 bits per heavy atom. The Labute approximate surface area is 191 Å². The molecule has 1 fully saturated rings. The molecule has 0 saturated heterocycles. The Balaban J connectivity index is 1.46. The van der Waals surface area contributed by atoms with Crippen LogP contribution in [0.25, 0.3) is 0 Å². The van der Waals surface area contributed by atoms with Crippen molar-refractivity contribution in [2.45, 2.75) is 56.6 Å². The Morgan fingerprint density at radius 1 is 1.19 bits per heavy atom. The predicted molar refractivity (Wildman–Crippen MR) is 126 cm³/mol. The molecule has 0 radical (unpaired) electrons. The molecule has 6 nitrogen and oxygen atoms in total. The van der Waals surface area contributed by atoms with Gasteiger partial charge in [-0.15, -0.1) is 21.5 Å². The summed E-state index contributed by atoms with van der Waals surface area (Å²) in [6.45, 7) is 2.49. The maximum Gasteiger partial charge on any atom is 0.234 e. The van der Waals surface area contributed by atoms with E-state index in [1.807, 2.05) is 31.2 Å². The molecule has 31 heavy (non-hydrogen) atoms. The smallest absolute Gasteiger partial charge is 0.234 e. The molecule has 1 aliphatic rings. The minimum atomic E-state index is -0.0739. The van der Waals surface area contributed by atoms with Gasteiger partial charge in [0.25, 0.3) is 0 Å². The van der Waals surface area contributed by atoms with Gasteiger partial charge in [-0.05, 0) is 43.3 Å². The average molecular weight is 457 g/mol. The molecule has 1 N–H and O–H groups in total. The van der Waals surface area contributed by atoms with E-state index in [0.717, 1.165) is 30.2 Å². The lowest BCUT2D eigenvalue weighted by atomic mass is 9.95. The predicted octanol–water partition coefficient (Wildman–Crippen LogP) is 5.57. The van der Waals surface area contributed by atoms with Crippen LogP contribution in [0.5, 0.6) is 5.75 Å². The van der Waals surface area contributed by atoms with E-state index in [4.69, 9.17) is 4.74 Å². The topological polar surface area (TPSA) is 69.0 Å². The summed E-state index contributed by atoms with van der Waals surface area (Å²) in [6.07, 6.45) is 6.85. The van der Waals surface area contributed by atoms with E-state index >= 15 is 0 Å². The van der Waals surface area contributed by atoms with E-state index in [2.05, 4.69) is 37.6 Å². The molecular weight excluding hydrogens is 428 g/mol. The van der Waals surface area contributed by atoms with Crippen LogP contribution in [-0.4, -0.2) is 33.0 Å². The second-order valence-corrected chi connectivity index (χ2v) is 9.56. The molecule has 1 aromatic carbocycles. The molecule has 8 heteroatoms. The third-order valence-corrected chi connectivity index (χ3v) is 7.20. The van der Waals surface area contributed by atoms with Gasteiger partial charge >= 0.3 is 0 Å². The SMILES string of the molecule is CCOc1ccccc1NC(=O)CSc1nnc(Cc2cccs2)n1C1CCCCC1. The molecule has 2 heterocycles. The number of benzene rings is 1. The summed E-state index contributed by atoms with van der Waals surface area (Å²) >= 11 is 3.20. The van der Waals surface area contributed by atoms with Crippen molar-refractivity contribution in [2.75, 3.05) is 17.7 Å². The van der Waals surface area contributed by atoms with Crippen molar-refractivity contribution < 1.29 is 9.53 Å². The molecule has 0 bridgehead atoms. The van der Waals surface area contributed by atoms with Crippen molar-refractivity contribution in [3.05, 3.63) is 52.5 Å². The number of rotatable bonds is 9. The van der Waals surface area contributed by atoms with Crippen LogP contribution in [0.3, 0.4) is 0 Å². The average Bonchev–Trinajstić information content (AvgIpc) is 3.45. The maximum absolute atomic E-state index is 12.6. The zero-order chi connectivity index (χ0) is 21.5. The van der Waals surface area contributed by atoms with E-state index in [9.17, 15) is 4.79 Å². The van der Waals surface area contributed by atoms with Crippen LogP contribution in [0.4, 0.5) is 5.69 Å². The van der Waals surface area contributed by atoms with Gasteiger partial charge in [0, 0.05) is 17.3 Å². The first-order valence-electron chi connectivity index (χ1n) is 10.8. The molecule has 2 aromatic heterocycles. The molecule has 0 aliphatic heterocycles. The van der Waals surface area contributed by atoms with Crippen LogP contribution < -0.4 is 10.1 Å². The third-order valence-electron chi connectivity index (χ3n) is 5.38. The van der Waals surface area contributed by atoms with E-state index < -0.39 is 0 Å². The monoisotopic (exact) mass is 456 g/mol. The molecular formula is C23H28N4O2S2. The highest BCUT2D eigenvalue weighted by molar-refractivity contribution is 7.99. The first kappa shape index (κ1) is 21.9. The van der Waals surface area contributed by atoms with Gasteiger partial charge in [0.2, 0.25) is 5.91 Å². The number of thiophene rings is 1. The van der Waals surface area contributed by atoms with Crippen LogP contribution in [0, 0.1) is 0 Å². The number of nitrogens with zero attached hydrogens (tertiary/aromatic N) is 3. The van der Waals surface area contributed by atoms with Gasteiger partial charge in [-0.25, -0.2) is 0 Å². The molecule has 0 spiro atoms. The molecule has 0 atom stereocenters. The fourth-order valence-corrected chi connectivity index (χ4v) is 5.49. The van der Waals surface area contributed by atoms with Gasteiger partial charge in [0.15, 0.2) is 5.16 Å². The van der Waals surface area contributed by atoms with Gasteiger partial charge < -0.3 is 14.6 Å². The van der Waals surface area contributed by atoms with Crippen LogP contribution in [0.1, 0.15) is 55.8 Å². The molecule has 1 amide bonds. The first-order chi connectivity index (χ1) is 15.2. The maximum atomic E-state index is 12.6. The quantitative estimate of drug-likeness (QED) is 0.427. The molecule has 3 aromatic rings. The molecule has 0 unspecified atom stereocenters. The lowest BCUT2D eigenvalue weighted by Crippen LogP contribution is -2.18. The number of hydrogen-bond acceptors (Lipinski definition) is 6. The summed E-state index contributed by atoms with van der Waals surface area (Å²) in [6, 6.07) is 12.1. The molecule has 1 aliphatic carbocycles. The zero-order valence-electron chi connectivity index (χ0n) is 17.8. The van der Waals surface area contributed by atoms with Crippen molar-refractivity contribution in [1.82, 2.24) is 14.8 Å². The number of anilines is 1. The Morgan fingerprint density at radius 3 is 2.81 bits per heavy atom. The highest BCUT2D eigenvalue weighted by Crippen LogP contribution is 2.33. The summed E-state index contributed by atoms with van der Waals surface area (Å²) in [5, 5.41) is 14.9. The van der Waals surface area contributed by atoms with Crippen molar-refractivity contribution in [3.63, 3.8) is 0 Å². The fraction of sp³-hybridized carbons (Fsp3) is 0.435. The number of amides is 1. The number of thioether (sulfide) groups is 1. The van der Waals surface area contributed by atoms with Gasteiger partial charge in [-0.3, -0.25) is 4.79 Å². The van der Waals surface area contributed by atoms with Gasteiger partial charge in [0.05, 0.1) is 18.0 Å². The van der Waals surface area contributed by atoms with Gasteiger partial charge in [-0.1, -0.05) is 49.2 Å². The lowest BCUT2D eigenvalue weighted by Gasteiger charge is -2.25. The standard InChI is InChI=1S/C23H28N4O2S2/c1-2-29-20-13-7-6-12-19(20)24-22(28)16-31-23-26-25-21(15-18-11-8-14-30-18)27(23)17-9-4-3-5-10-17/h6-8,11-14,17H,2-5,9-10,15-16H2,1H3,(H,24,28). The van der Waals surface area contributed by atoms with Crippen molar-refractivity contribution in [1.29, 1.82) is 0 Å². The number of nitrogens with one attached hydrogen (secondary N) is 1. The Hall–Kier alpha value is -2.32. The zero-order valence-corrected chi connectivity index (χ0v) is 19.4. The van der Waals surface area contributed by atoms with Crippen LogP contribution in [0.2, 0.25) is 0 Å². The van der Waals surface area contributed by atoms with Crippen molar-refractivity contribution in [3.8, 4) is 5.75 Å². The fourth-order valence-electron chi connectivity index (χ4n) is 3.97. The highest BCUT2D eigenvalue weighted by Gasteiger charge is 2.24. The number of carbonyl (C=O) groups is 1. The minimum absolute atomic E-state index is 0.0739. The summed E-state index contributed by atoms with van der Waals surface area (Å²) < 4.78 is 7.90. The van der Waals surface area contributed by atoms with Crippen molar-refractivity contribution >= 4 is 34.7 Å². The summed E-state index contributed by atoms with van der Waals surface area (Å²) in [5.74, 6) is 1.89. The summed E-state index contributed by atoms with van der Waals surface area (Å²) in [5.41, 5.74) is 0.696. The van der Waals surface area contributed by atoms with Crippen LogP contribution in [-0.2, 0) is 11.2 Å². The van der Waals surface area contributed by atoms with Gasteiger partial charge in [-0.2, -0.15) is 0 Å². The third kappa shape index (κ3) is 5.68. The van der Waals surface area contributed by atoms with Crippen LogP contribution >= 0.6 is 23.1 Å². The highest BCUT2D eigenvalue weighted by atomic mass is 32.2. The number of hydrogen-bond donors (Lipinski definition) is 1. The molecule has 1 saturated carbocycles. The van der Waals surface area contributed by atoms with E-state index in [0.29, 0.717) is 24.1 Å². The molecule has 164 valence electrons.